The molecule has 0 amide bonds. The van der Waals surface area contributed by atoms with Gasteiger partial charge in [0.1, 0.15) is 18.8 Å². The van der Waals surface area contributed by atoms with Gasteiger partial charge in [0.25, 0.3) is 0 Å². The Kier molecular flexibility index (Phi) is 38.0. The van der Waals surface area contributed by atoms with E-state index in [4.69, 9.17) is 30.1 Å². The molecular weight excluding hydrogens is 765 g/mol. The first-order valence-electron chi connectivity index (χ1n) is 21.9. The van der Waals surface area contributed by atoms with E-state index < -0.39 is 51.1 Å². The first kappa shape index (κ1) is 55.4. The van der Waals surface area contributed by atoms with Gasteiger partial charge in [0.05, 0.1) is 13.2 Å². The maximum absolute atomic E-state index is 12.6. The van der Waals surface area contributed by atoms with Gasteiger partial charge in [-0.3, -0.25) is 28.7 Å². The molecule has 0 bridgehead atoms. The van der Waals surface area contributed by atoms with Crippen LogP contribution in [0.3, 0.4) is 0 Å². The molecule has 0 aromatic carbocycles. The third-order valence-corrected chi connectivity index (χ3v) is 10.3. The van der Waals surface area contributed by atoms with Gasteiger partial charge < -0.3 is 25.2 Å². The van der Waals surface area contributed by atoms with E-state index in [2.05, 4.69) is 23.3 Å². The normalized spacial score (nSPS) is 14.7. The molecule has 0 aliphatic carbocycles. The Morgan fingerprint density at radius 3 is 1.74 bits per heavy atom. The van der Waals surface area contributed by atoms with Crippen molar-refractivity contribution < 1.29 is 57.6 Å². The van der Waals surface area contributed by atoms with Gasteiger partial charge in [-0.1, -0.05) is 172 Å². The van der Waals surface area contributed by atoms with Crippen LogP contribution in [-0.2, 0) is 42.4 Å². The van der Waals surface area contributed by atoms with Gasteiger partial charge in [-0.2, -0.15) is 0 Å². The molecule has 0 spiro atoms. The number of nitrogens with two attached hydrogens (primary N) is 1. The van der Waals surface area contributed by atoms with Gasteiger partial charge in [-0.05, 0) is 38.5 Å². The van der Waals surface area contributed by atoms with Crippen molar-refractivity contribution in [2.45, 2.75) is 193 Å². The highest BCUT2D eigenvalue weighted by molar-refractivity contribution is 7.47. The Balaban J connectivity index is 4.53. The number of carbonyl (C=O) groups is 3. The summed E-state index contributed by atoms with van der Waals surface area (Å²) in [7, 11) is -4.75. The fourth-order valence-corrected chi connectivity index (χ4v) is 6.55. The molecule has 13 nitrogen and oxygen atoms in total. The Hall–Kier alpha value is -2.64. The Bertz CT molecular complexity index is 1190. The minimum Gasteiger partial charge on any atom is -0.480 e. The number of phosphoric ester groups is 1. The predicted octanol–water partition coefficient (Wildman–Crippen LogP) is 10.9. The summed E-state index contributed by atoms with van der Waals surface area (Å²) in [6.45, 7) is 2.59. The maximum atomic E-state index is 12.6. The van der Waals surface area contributed by atoms with E-state index in [0.29, 0.717) is 19.3 Å². The molecular formula is C44H78NO12P. The van der Waals surface area contributed by atoms with E-state index >= 15 is 0 Å². The first-order valence-corrected chi connectivity index (χ1v) is 23.4. The molecule has 336 valence electrons. The topological polar surface area (TPSA) is 201 Å². The van der Waals surface area contributed by atoms with E-state index in [9.17, 15) is 23.8 Å². The molecule has 0 aliphatic rings. The van der Waals surface area contributed by atoms with Crippen molar-refractivity contribution in [2.75, 3.05) is 19.8 Å². The summed E-state index contributed by atoms with van der Waals surface area (Å²) in [4.78, 5) is 50.4. The Morgan fingerprint density at radius 1 is 0.638 bits per heavy atom. The molecule has 0 fully saturated rings. The molecule has 0 saturated carbocycles. The fraction of sp³-hybridized carbons (Fsp3) is 0.750. The van der Waals surface area contributed by atoms with Gasteiger partial charge in [0.15, 0.2) is 6.10 Å². The quantitative estimate of drug-likeness (QED) is 0.00862. The molecule has 4 atom stereocenters. The van der Waals surface area contributed by atoms with Crippen LogP contribution in [0.4, 0.5) is 0 Å². The summed E-state index contributed by atoms with van der Waals surface area (Å²) in [5.74, 6) is -2.49. The second-order valence-electron chi connectivity index (χ2n) is 14.8. The van der Waals surface area contributed by atoms with E-state index in [0.717, 1.165) is 57.8 Å². The van der Waals surface area contributed by atoms with E-state index in [1.165, 1.54) is 70.6 Å². The van der Waals surface area contributed by atoms with E-state index in [-0.39, 0.29) is 25.6 Å². The zero-order valence-electron chi connectivity index (χ0n) is 35.7. The van der Waals surface area contributed by atoms with Crippen LogP contribution < -0.4 is 5.73 Å². The number of esters is 2. The van der Waals surface area contributed by atoms with Crippen molar-refractivity contribution in [1.82, 2.24) is 0 Å². The highest BCUT2D eigenvalue weighted by atomic mass is 31.2. The van der Waals surface area contributed by atoms with Crippen molar-refractivity contribution in [3.8, 4) is 0 Å². The number of phosphoric acid groups is 1. The maximum Gasteiger partial charge on any atom is 0.472 e. The van der Waals surface area contributed by atoms with Crippen molar-refractivity contribution in [1.29, 1.82) is 0 Å². The van der Waals surface area contributed by atoms with Crippen LogP contribution in [0.2, 0.25) is 0 Å². The van der Waals surface area contributed by atoms with Crippen LogP contribution in [0.25, 0.3) is 0 Å². The number of aliphatic carboxylic acids is 1. The lowest BCUT2D eigenvalue weighted by molar-refractivity contribution is -0.267. The zero-order valence-corrected chi connectivity index (χ0v) is 36.6. The van der Waals surface area contributed by atoms with Crippen molar-refractivity contribution in [3.63, 3.8) is 0 Å². The number of hydrogen-bond donors (Lipinski definition) is 4. The van der Waals surface area contributed by atoms with Crippen LogP contribution in [0.15, 0.2) is 48.6 Å². The predicted molar refractivity (Wildman–Crippen MR) is 229 cm³/mol. The van der Waals surface area contributed by atoms with Gasteiger partial charge in [0, 0.05) is 12.8 Å². The lowest BCUT2D eigenvalue weighted by Crippen LogP contribution is -2.34. The average molecular weight is 844 g/mol. The number of allylic oxidation sites excluding steroid dienone is 7. The Labute approximate surface area is 349 Å². The largest absolute Gasteiger partial charge is 0.480 e. The molecule has 58 heavy (non-hydrogen) atoms. The molecule has 0 rings (SSSR count). The third-order valence-electron chi connectivity index (χ3n) is 9.30. The van der Waals surface area contributed by atoms with Gasteiger partial charge >= 0.3 is 25.7 Å². The van der Waals surface area contributed by atoms with E-state index in [1.54, 1.807) is 0 Å². The average Bonchev–Trinajstić information content (AvgIpc) is 3.20. The van der Waals surface area contributed by atoms with Crippen LogP contribution in [0, 0.1) is 0 Å². The van der Waals surface area contributed by atoms with Crippen LogP contribution in [-0.4, -0.2) is 71.2 Å². The number of carboxylic acids is 1. The molecule has 5 N–H and O–H groups in total. The number of carbonyl (C=O) groups excluding carboxylic acids is 2. The summed E-state index contributed by atoms with van der Waals surface area (Å²) in [6.07, 6.45) is 39.3. The summed E-state index contributed by atoms with van der Waals surface area (Å²) in [5.41, 5.74) is 5.32. The highest BCUT2D eigenvalue weighted by Gasteiger charge is 2.28. The van der Waals surface area contributed by atoms with Gasteiger partial charge in [0.2, 0.25) is 0 Å². The number of carboxylic acid groups (broad SMARTS) is 1. The molecule has 0 aliphatic heterocycles. The molecule has 1 unspecified atom stereocenters. The molecule has 0 saturated heterocycles. The van der Waals surface area contributed by atoms with Crippen molar-refractivity contribution in [2.24, 2.45) is 5.73 Å². The molecule has 0 radical (unpaired) electrons. The van der Waals surface area contributed by atoms with Crippen LogP contribution in [0.5, 0.6) is 0 Å². The fourth-order valence-electron chi connectivity index (χ4n) is 5.77. The number of rotatable bonds is 41. The van der Waals surface area contributed by atoms with E-state index in [1.807, 2.05) is 48.6 Å². The van der Waals surface area contributed by atoms with Crippen molar-refractivity contribution >= 4 is 25.7 Å². The summed E-state index contributed by atoms with van der Waals surface area (Å²) in [6, 6.07) is -1.54. The summed E-state index contributed by atoms with van der Waals surface area (Å²) < 4.78 is 32.6. The number of hydrogen-bond acceptors (Lipinski definition) is 11. The summed E-state index contributed by atoms with van der Waals surface area (Å²) >= 11 is 0. The van der Waals surface area contributed by atoms with Gasteiger partial charge in [-0.25, -0.2) is 9.45 Å². The number of unbranched alkanes of at least 4 members (excludes halogenated alkanes) is 17. The third kappa shape index (κ3) is 37.6. The second-order valence-corrected chi connectivity index (χ2v) is 16.2. The second kappa shape index (κ2) is 39.8. The SMILES string of the molecule is CCCCCCCCCCCCCCCCCC(=O)OC[C@H](COP(=O)(O)OC[C@H](N)C(=O)O)OC(=O)CCC/C=C\C/C=C\C/C=C\C=C\[C@H](CCCCC)OO. The standard InChI is InChI=1S/C44H78NO12P/c1-3-5-7-8-9-10-11-12-13-14-17-20-23-26-30-34-42(46)53-36-40(37-54-58(51,52)55-38-41(45)44(48)49)56-43(47)35-31-27-24-21-18-15-16-19-22-25-29-33-39(57-50)32-28-6-4-2/h15-16,21-22,24-25,29,33,39-41,50H,3-14,17-20,23,26-28,30-32,34-38,45H2,1-2H3,(H,48,49)(H,51,52)/b16-15-,24-21-,25-22-,33-29+/t39-,40+,41-/m0/s1. The first-order chi connectivity index (χ1) is 28.0. The zero-order chi connectivity index (χ0) is 43.0. The Morgan fingerprint density at radius 2 is 1.16 bits per heavy atom. The molecule has 0 aromatic rings. The smallest absolute Gasteiger partial charge is 0.472 e. The highest BCUT2D eigenvalue weighted by Crippen LogP contribution is 2.43. The minimum absolute atomic E-state index is 0.0591. The minimum atomic E-state index is -4.75. The van der Waals surface area contributed by atoms with Gasteiger partial charge in [-0.15, -0.1) is 0 Å². The lowest BCUT2D eigenvalue weighted by atomic mass is 10.0. The molecule has 0 aromatic heterocycles. The van der Waals surface area contributed by atoms with Crippen LogP contribution in [0.1, 0.15) is 174 Å². The molecule has 14 heteroatoms. The monoisotopic (exact) mass is 844 g/mol. The summed E-state index contributed by atoms with van der Waals surface area (Å²) in [5, 5.41) is 17.9. The molecule has 0 heterocycles. The van der Waals surface area contributed by atoms with Crippen LogP contribution >= 0.6 is 7.82 Å². The lowest BCUT2D eigenvalue weighted by Gasteiger charge is -2.20. The van der Waals surface area contributed by atoms with Crippen molar-refractivity contribution in [3.05, 3.63) is 48.6 Å². The number of ether oxygens (including phenoxy) is 2.